The fourth-order valence-electron chi connectivity index (χ4n) is 2.94. The van der Waals surface area contributed by atoms with E-state index in [2.05, 4.69) is 15.5 Å². The van der Waals surface area contributed by atoms with Gasteiger partial charge in [0, 0.05) is 25.0 Å². The Morgan fingerprint density at radius 3 is 2.56 bits per heavy atom. The quantitative estimate of drug-likeness (QED) is 0.704. The first-order chi connectivity index (χ1) is 12.1. The number of carbonyl (C=O) groups is 1. The fraction of sp³-hybridized carbons (Fsp3) is 0.316. The molecule has 0 saturated heterocycles. The van der Waals surface area contributed by atoms with E-state index in [4.69, 9.17) is 0 Å². The van der Waals surface area contributed by atoms with E-state index in [1.807, 2.05) is 66.5 Å². The fourth-order valence-corrected chi connectivity index (χ4v) is 2.94. The van der Waals surface area contributed by atoms with Gasteiger partial charge in [-0.1, -0.05) is 18.2 Å². The van der Waals surface area contributed by atoms with Crippen molar-refractivity contribution in [1.29, 1.82) is 0 Å². The number of para-hydroxylation sites is 1. The summed E-state index contributed by atoms with van der Waals surface area (Å²) in [6, 6.07) is 11.8. The lowest BCUT2D eigenvalue weighted by Crippen LogP contribution is -2.26. The SMILES string of the molecule is Cc1nn(-c2ccccc2)c(C)c1C(=O)NCCCn1nccc1C. The molecule has 1 amide bonds. The number of rotatable bonds is 6. The molecule has 25 heavy (non-hydrogen) atoms. The molecule has 0 unspecified atom stereocenters. The highest BCUT2D eigenvalue weighted by Crippen LogP contribution is 2.17. The minimum Gasteiger partial charge on any atom is -0.352 e. The molecule has 0 spiro atoms. The molecule has 2 aromatic heterocycles. The first-order valence-corrected chi connectivity index (χ1v) is 8.46. The molecular formula is C19H23N5O. The smallest absolute Gasteiger partial charge is 0.255 e. The van der Waals surface area contributed by atoms with E-state index >= 15 is 0 Å². The molecule has 6 heteroatoms. The Bertz CT molecular complexity index is 863. The molecular weight excluding hydrogens is 314 g/mol. The molecule has 0 saturated carbocycles. The van der Waals surface area contributed by atoms with Gasteiger partial charge in [-0.15, -0.1) is 0 Å². The largest absolute Gasteiger partial charge is 0.352 e. The van der Waals surface area contributed by atoms with Crippen LogP contribution in [0.4, 0.5) is 0 Å². The Morgan fingerprint density at radius 1 is 1.12 bits per heavy atom. The molecule has 0 aliphatic rings. The topological polar surface area (TPSA) is 64.7 Å². The third-order valence-corrected chi connectivity index (χ3v) is 4.28. The molecule has 0 fully saturated rings. The van der Waals surface area contributed by atoms with Crippen molar-refractivity contribution in [2.75, 3.05) is 6.54 Å². The number of nitrogens with one attached hydrogen (secondary N) is 1. The van der Waals surface area contributed by atoms with Crippen LogP contribution >= 0.6 is 0 Å². The second-order valence-electron chi connectivity index (χ2n) is 6.10. The lowest BCUT2D eigenvalue weighted by molar-refractivity contribution is 0.0951. The van der Waals surface area contributed by atoms with E-state index in [1.54, 1.807) is 6.20 Å². The van der Waals surface area contributed by atoms with Crippen molar-refractivity contribution in [2.45, 2.75) is 33.7 Å². The van der Waals surface area contributed by atoms with Gasteiger partial charge >= 0.3 is 0 Å². The van der Waals surface area contributed by atoms with E-state index in [0.717, 1.165) is 35.7 Å². The lowest BCUT2D eigenvalue weighted by Gasteiger charge is -2.08. The monoisotopic (exact) mass is 337 g/mol. The third-order valence-electron chi connectivity index (χ3n) is 4.28. The van der Waals surface area contributed by atoms with Crippen LogP contribution < -0.4 is 5.32 Å². The zero-order valence-electron chi connectivity index (χ0n) is 14.9. The van der Waals surface area contributed by atoms with E-state index in [-0.39, 0.29) is 5.91 Å². The second-order valence-corrected chi connectivity index (χ2v) is 6.10. The van der Waals surface area contributed by atoms with Gasteiger partial charge in [-0.05, 0) is 45.4 Å². The molecule has 0 aliphatic heterocycles. The number of nitrogens with zero attached hydrogens (tertiary/aromatic N) is 4. The number of hydrogen-bond donors (Lipinski definition) is 1. The second kappa shape index (κ2) is 7.34. The van der Waals surface area contributed by atoms with Crippen LogP contribution in [0.1, 0.15) is 33.9 Å². The molecule has 0 radical (unpaired) electrons. The summed E-state index contributed by atoms with van der Waals surface area (Å²) < 4.78 is 3.76. The summed E-state index contributed by atoms with van der Waals surface area (Å²) in [5.74, 6) is -0.0747. The van der Waals surface area contributed by atoms with Gasteiger partial charge in [0.25, 0.3) is 5.91 Å². The van der Waals surface area contributed by atoms with Crippen molar-refractivity contribution in [1.82, 2.24) is 24.9 Å². The maximum absolute atomic E-state index is 12.6. The Labute approximate surface area is 147 Å². The maximum Gasteiger partial charge on any atom is 0.255 e. The van der Waals surface area contributed by atoms with Crippen molar-refractivity contribution in [3.63, 3.8) is 0 Å². The number of aryl methyl sites for hydroxylation is 3. The average molecular weight is 337 g/mol. The molecule has 6 nitrogen and oxygen atoms in total. The first kappa shape index (κ1) is 17.0. The summed E-state index contributed by atoms with van der Waals surface area (Å²) in [5, 5.41) is 11.8. The van der Waals surface area contributed by atoms with Gasteiger partial charge in [0.2, 0.25) is 0 Å². The standard InChI is InChI=1S/C19H23N5O/c1-14-10-12-21-23(14)13-7-11-20-19(25)18-15(2)22-24(16(18)3)17-8-5-4-6-9-17/h4-6,8-10,12H,7,11,13H2,1-3H3,(H,20,25). The normalized spacial score (nSPS) is 10.8. The summed E-state index contributed by atoms with van der Waals surface area (Å²) in [7, 11) is 0. The predicted molar refractivity (Wildman–Crippen MR) is 97.0 cm³/mol. The van der Waals surface area contributed by atoms with Crippen LogP contribution in [0.15, 0.2) is 42.6 Å². The Hall–Kier alpha value is -2.89. The first-order valence-electron chi connectivity index (χ1n) is 8.46. The number of amides is 1. The molecule has 1 N–H and O–H groups in total. The number of benzene rings is 1. The number of aromatic nitrogens is 4. The summed E-state index contributed by atoms with van der Waals surface area (Å²) in [4.78, 5) is 12.6. The molecule has 2 heterocycles. The molecule has 1 aromatic carbocycles. The highest BCUT2D eigenvalue weighted by molar-refractivity contribution is 5.96. The van der Waals surface area contributed by atoms with Crippen LogP contribution in [0.5, 0.6) is 0 Å². The highest BCUT2D eigenvalue weighted by atomic mass is 16.1. The van der Waals surface area contributed by atoms with E-state index in [9.17, 15) is 4.79 Å². The zero-order chi connectivity index (χ0) is 17.8. The molecule has 3 aromatic rings. The van der Waals surface area contributed by atoms with Crippen LogP contribution in [-0.4, -0.2) is 32.0 Å². The Morgan fingerprint density at radius 2 is 1.88 bits per heavy atom. The highest BCUT2D eigenvalue weighted by Gasteiger charge is 2.18. The number of hydrogen-bond acceptors (Lipinski definition) is 3. The third kappa shape index (κ3) is 3.63. The van der Waals surface area contributed by atoms with Gasteiger partial charge in [0.1, 0.15) is 0 Å². The van der Waals surface area contributed by atoms with Gasteiger partial charge in [-0.25, -0.2) is 4.68 Å². The van der Waals surface area contributed by atoms with Gasteiger partial charge in [0.15, 0.2) is 0 Å². The van der Waals surface area contributed by atoms with E-state index in [0.29, 0.717) is 12.1 Å². The van der Waals surface area contributed by atoms with Crippen LogP contribution in [-0.2, 0) is 6.54 Å². The van der Waals surface area contributed by atoms with Crippen molar-refractivity contribution >= 4 is 5.91 Å². The summed E-state index contributed by atoms with van der Waals surface area (Å²) in [6.45, 7) is 7.22. The maximum atomic E-state index is 12.6. The van der Waals surface area contributed by atoms with Crippen molar-refractivity contribution in [3.05, 3.63) is 65.2 Å². The van der Waals surface area contributed by atoms with Crippen molar-refractivity contribution in [3.8, 4) is 5.69 Å². The summed E-state index contributed by atoms with van der Waals surface area (Å²) in [5.41, 5.74) is 4.32. The van der Waals surface area contributed by atoms with Crippen LogP contribution in [0.3, 0.4) is 0 Å². The molecule has 3 rings (SSSR count). The van der Waals surface area contributed by atoms with Crippen molar-refractivity contribution in [2.24, 2.45) is 0 Å². The molecule has 0 atom stereocenters. The Balaban J connectivity index is 1.64. The van der Waals surface area contributed by atoms with Crippen LogP contribution in [0.2, 0.25) is 0 Å². The molecule has 0 aliphatic carbocycles. The molecule has 130 valence electrons. The van der Waals surface area contributed by atoms with E-state index < -0.39 is 0 Å². The van der Waals surface area contributed by atoms with Gasteiger partial charge in [-0.3, -0.25) is 9.48 Å². The van der Waals surface area contributed by atoms with Crippen LogP contribution in [0.25, 0.3) is 5.69 Å². The summed E-state index contributed by atoms with van der Waals surface area (Å²) >= 11 is 0. The van der Waals surface area contributed by atoms with Gasteiger partial charge in [0.05, 0.1) is 22.6 Å². The minimum absolute atomic E-state index is 0.0747. The predicted octanol–water partition coefficient (Wildman–Crippen LogP) is 2.81. The van der Waals surface area contributed by atoms with Gasteiger partial charge < -0.3 is 5.32 Å². The zero-order valence-corrected chi connectivity index (χ0v) is 14.9. The van der Waals surface area contributed by atoms with E-state index in [1.165, 1.54) is 0 Å². The summed E-state index contributed by atoms with van der Waals surface area (Å²) in [6.07, 6.45) is 2.62. The average Bonchev–Trinajstić information content (AvgIpc) is 3.15. The van der Waals surface area contributed by atoms with Crippen LogP contribution in [0, 0.1) is 20.8 Å². The van der Waals surface area contributed by atoms with Gasteiger partial charge in [-0.2, -0.15) is 10.2 Å². The Kier molecular flexibility index (Phi) is 4.97. The lowest BCUT2D eigenvalue weighted by atomic mass is 10.2. The molecule has 0 bridgehead atoms. The number of carbonyl (C=O) groups excluding carboxylic acids is 1. The van der Waals surface area contributed by atoms with Crippen molar-refractivity contribution < 1.29 is 4.79 Å². The minimum atomic E-state index is -0.0747.